The third-order valence-electron chi connectivity index (χ3n) is 5.21. The molecule has 0 radical (unpaired) electrons. The van der Waals surface area contributed by atoms with Gasteiger partial charge in [0, 0.05) is 24.7 Å². The number of hydrogen-bond donors (Lipinski definition) is 2. The predicted molar refractivity (Wildman–Crippen MR) is 85.0 cm³/mol. The molecule has 1 saturated heterocycles. The summed E-state index contributed by atoms with van der Waals surface area (Å²) >= 11 is 0. The summed E-state index contributed by atoms with van der Waals surface area (Å²) in [5.74, 6) is 1.47. The normalized spacial score (nSPS) is 31.6. The van der Waals surface area contributed by atoms with Crippen LogP contribution >= 0.6 is 12.4 Å². The van der Waals surface area contributed by atoms with Crippen LogP contribution in [0.2, 0.25) is 0 Å². The van der Waals surface area contributed by atoms with Crippen LogP contribution in [0.3, 0.4) is 0 Å². The molecule has 0 spiro atoms. The second-order valence-corrected chi connectivity index (χ2v) is 7.02. The van der Waals surface area contributed by atoms with Gasteiger partial charge in [0.2, 0.25) is 5.91 Å². The van der Waals surface area contributed by atoms with Gasteiger partial charge in [0.1, 0.15) is 0 Å². The summed E-state index contributed by atoms with van der Waals surface area (Å²) in [4.78, 5) is 14.6. The minimum atomic E-state index is -0.114. The van der Waals surface area contributed by atoms with E-state index in [9.17, 15) is 4.79 Å². The van der Waals surface area contributed by atoms with Crippen LogP contribution in [0.1, 0.15) is 47.0 Å². The Kier molecular flexibility index (Phi) is 5.88. The van der Waals surface area contributed by atoms with Crippen LogP contribution < -0.4 is 11.1 Å². The fourth-order valence-electron chi connectivity index (χ4n) is 3.35. The molecular weight excluding hydrogens is 274 g/mol. The van der Waals surface area contributed by atoms with Crippen molar-refractivity contribution < 1.29 is 4.79 Å². The fourth-order valence-corrected chi connectivity index (χ4v) is 3.35. The van der Waals surface area contributed by atoms with E-state index < -0.39 is 0 Å². The lowest BCUT2D eigenvalue weighted by molar-refractivity contribution is -0.127. The van der Waals surface area contributed by atoms with E-state index in [1.165, 1.54) is 6.42 Å². The second-order valence-electron chi connectivity index (χ2n) is 7.02. The molecule has 0 aromatic rings. The van der Waals surface area contributed by atoms with E-state index in [1.54, 1.807) is 0 Å². The number of fused-ring (bicyclic) bond motifs is 1. The zero-order chi connectivity index (χ0) is 14.2. The van der Waals surface area contributed by atoms with E-state index in [0.717, 1.165) is 25.9 Å². The van der Waals surface area contributed by atoms with Gasteiger partial charge in [0.05, 0.1) is 6.04 Å². The monoisotopic (exact) mass is 303 g/mol. The van der Waals surface area contributed by atoms with Crippen LogP contribution in [-0.4, -0.2) is 41.5 Å². The van der Waals surface area contributed by atoms with Crippen LogP contribution in [0.4, 0.5) is 0 Å². The number of carbonyl (C=O) groups is 1. The molecular formula is C15H30ClN3O. The standard InChI is InChI=1S/C15H29N3O.ClH/c1-5-15(3,4)17-14(19)10(2)18-8-11-6-7-13(16)12(11)9-18;/h10-13H,5-9,16H2,1-4H3,(H,17,19);1H. The number of hydrogen-bond acceptors (Lipinski definition) is 3. The maximum atomic E-state index is 12.3. The average molecular weight is 304 g/mol. The summed E-state index contributed by atoms with van der Waals surface area (Å²) in [6.45, 7) is 10.3. The van der Waals surface area contributed by atoms with Crippen LogP contribution in [0.15, 0.2) is 0 Å². The number of nitrogens with zero attached hydrogens (tertiary/aromatic N) is 1. The van der Waals surface area contributed by atoms with E-state index in [-0.39, 0.29) is 29.9 Å². The summed E-state index contributed by atoms with van der Waals surface area (Å²) in [6, 6.07) is 0.306. The van der Waals surface area contributed by atoms with Crippen molar-refractivity contribution in [3.05, 3.63) is 0 Å². The molecule has 1 amide bonds. The largest absolute Gasteiger partial charge is 0.350 e. The van der Waals surface area contributed by atoms with E-state index in [0.29, 0.717) is 17.9 Å². The smallest absolute Gasteiger partial charge is 0.237 e. The van der Waals surface area contributed by atoms with Gasteiger partial charge in [-0.3, -0.25) is 9.69 Å². The number of nitrogens with two attached hydrogens (primary N) is 1. The van der Waals surface area contributed by atoms with Crippen molar-refractivity contribution >= 4 is 18.3 Å². The van der Waals surface area contributed by atoms with Crippen molar-refractivity contribution in [2.24, 2.45) is 17.6 Å². The highest BCUT2D eigenvalue weighted by Gasteiger charge is 2.43. The molecule has 4 unspecified atom stereocenters. The Bertz CT molecular complexity index is 348. The number of carbonyl (C=O) groups excluding carboxylic acids is 1. The van der Waals surface area contributed by atoms with Crippen LogP contribution in [0.5, 0.6) is 0 Å². The van der Waals surface area contributed by atoms with Gasteiger partial charge in [0.15, 0.2) is 0 Å². The first-order valence-corrected chi connectivity index (χ1v) is 7.65. The van der Waals surface area contributed by atoms with Crippen molar-refractivity contribution in [2.45, 2.75) is 64.6 Å². The van der Waals surface area contributed by atoms with Gasteiger partial charge < -0.3 is 11.1 Å². The molecule has 1 aliphatic carbocycles. The molecule has 2 fully saturated rings. The summed E-state index contributed by atoms with van der Waals surface area (Å²) in [6.07, 6.45) is 3.34. The Hall–Kier alpha value is -0.320. The van der Waals surface area contributed by atoms with Crippen molar-refractivity contribution in [2.75, 3.05) is 13.1 Å². The average Bonchev–Trinajstić information content (AvgIpc) is 2.90. The van der Waals surface area contributed by atoms with Gasteiger partial charge in [-0.15, -0.1) is 12.4 Å². The fraction of sp³-hybridized carbons (Fsp3) is 0.933. The predicted octanol–water partition coefficient (Wildman–Crippen LogP) is 1.77. The van der Waals surface area contributed by atoms with Crippen LogP contribution in [0, 0.1) is 11.8 Å². The third-order valence-corrected chi connectivity index (χ3v) is 5.21. The summed E-state index contributed by atoms with van der Waals surface area (Å²) in [7, 11) is 0. The van der Waals surface area contributed by atoms with E-state index in [2.05, 4.69) is 31.0 Å². The van der Waals surface area contributed by atoms with Gasteiger partial charge in [-0.2, -0.15) is 0 Å². The number of rotatable bonds is 4. The molecule has 1 saturated carbocycles. The zero-order valence-corrected chi connectivity index (χ0v) is 14.0. The third kappa shape index (κ3) is 3.66. The zero-order valence-electron chi connectivity index (χ0n) is 13.2. The molecule has 4 atom stereocenters. The molecule has 118 valence electrons. The molecule has 2 aliphatic rings. The summed E-state index contributed by atoms with van der Waals surface area (Å²) < 4.78 is 0. The Labute approximate surface area is 129 Å². The van der Waals surface area contributed by atoms with Gasteiger partial charge in [-0.05, 0) is 51.9 Å². The molecule has 3 N–H and O–H groups in total. The maximum Gasteiger partial charge on any atom is 0.237 e. The van der Waals surface area contributed by atoms with Crippen molar-refractivity contribution in [3.63, 3.8) is 0 Å². The first-order valence-electron chi connectivity index (χ1n) is 7.65. The van der Waals surface area contributed by atoms with Crippen molar-refractivity contribution in [1.82, 2.24) is 10.2 Å². The number of halogens is 1. The van der Waals surface area contributed by atoms with E-state index in [4.69, 9.17) is 5.73 Å². The summed E-state index contributed by atoms with van der Waals surface area (Å²) in [5.41, 5.74) is 6.04. The van der Waals surface area contributed by atoms with Gasteiger partial charge in [0.25, 0.3) is 0 Å². The van der Waals surface area contributed by atoms with Crippen molar-refractivity contribution in [1.29, 1.82) is 0 Å². The Balaban J connectivity index is 0.00000200. The highest BCUT2D eigenvalue weighted by Crippen LogP contribution is 2.37. The second kappa shape index (κ2) is 6.63. The molecule has 1 aliphatic heterocycles. The minimum Gasteiger partial charge on any atom is -0.350 e. The van der Waals surface area contributed by atoms with Crippen LogP contribution in [-0.2, 0) is 4.79 Å². The van der Waals surface area contributed by atoms with Crippen LogP contribution in [0.25, 0.3) is 0 Å². The number of amides is 1. The summed E-state index contributed by atoms with van der Waals surface area (Å²) in [5, 5.41) is 3.15. The highest BCUT2D eigenvalue weighted by atomic mass is 35.5. The van der Waals surface area contributed by atoms with Gasteiger partial charge in [-0.1, -0.05) is 6.92 Å². The van der Waals surface area contributed by atoms with Crippen molar-refractivity contribution in [3.8, 4) is 0 Å². The first kappa shape index (κ1) is 17.7. The first-order chi connectivity index (χ1) is 8.84. The lowest BCUT2D eigenvalue weighted by Gasteiger charge is -2.30. The molecule has 1 heterocycles. The number of nitrogens with one attached hydrogen (secondary N) is 1. The lowest BCUT2D eigenvalue weighted by Crippen LogP contribution is -2.51. The molecule has 2 rings (SSSR count). The molecule has 20 heavy (non-hydrogen) atoms. The SMILES string of the molecule is CCC(C)(C)NC(=O)C(C)N1CC2CCC(N)C2C1.Cl. The molecule has 0 bridgehead atoms. The molecule has 4 nitrogen and oxygen atoms in total. The minimum absolute atomic E-state index is 0. The Morgan fingerprint density at radius 2 is 2.05 bits per heavy atom. The van der Waals surface area contributed by atoms with Gasteiger partial charge >= 0.3 is 0 Å². The van der Waals surface area contributed by atoms with E-state index in [1.807, 2.05) is 6.92 Å². The molecule has 0 aromatic carbocycles. The van der Waals surface area contributed by atoms with Gasteiger partial charge in [-0.25, -0.2) is 0 Å². The Morgan fingerprint density at radius 1 is 1.40 bits per heavy atom. The lowest BCUT2D eigenvalue weighted by atomic mass is 9.98. The Morgan fingerprint density at radius 3 is 2.60 bits per heavy atom. The molecule has 5 heteroatoms. The molecule has 0 aromatic heterocycles. The maximum absolute atomic E-state index is 12.3. The van der Waals surface area contributed by atoms with E-state index >= 15 is 0 Å². The topological polar surface area (TPSA) is 58.4 Å². The quantitative estimate of drug-likeness (QED) is 0.832. The highest BCUT2D eigenvalue weighted by molar-refractivity contribution is 5.85. The number of likely N-dealkylation sites (tertiary alicyclic amines) is 1.